The van der Waals surface area contributed by atoms with Crippen molar-refractivity contribution in [2.45, 2.75) is 13.1 Å². The van der Waals surface area contributed by atoms with Crippen LogP contribution in [0.25, 0.3) is 56.0 Å². The number of pyridine rings is 3. The summed E-state index contributed by atoms with van der Waals surface area (Å²) in [4.78, 5) is 23.4. The van der Waals surface area contributed by atoms with Gasteiger partial charge in [0.25, 0.3) is 0 Å². The molecular formula is C28H26FN9O2S. The van der Waals surface area contributed by atoms with E-state index >= 15 is 0 Å². The number of sulfonamides is 1. The van der Waals surface area contributed by atoms with Crippen LogP contribution in [-0.2, 0) is 23.1 Å². The van der Waals surface area contributed by atoms with Crippen LogP contribution in [0.5, 0.6) is 0 Å². The topological polar surface area (TPSA) is 145 Å². The summed E-state index contributed by atoms with van der Waals surface area (Å²) in [6.07, 6.45) is 8.07. The summed E-state index contributed by atoms with van der Waals surface area (Å²) in [7, 11) is 0.584. The van der Waals surface area contributed by atoms with E-state index < -0.39 is 15.8 Å². The highest BCUT2D eigenvalue weighted by molar-refractivity contribution is 7.88. The van der Waals surface area contributed by atoms with Gasteiger partial charge in [0.1, 0.15) is 11.5 Å². The van der Waals surface area contributed by atoms with Crippen LogP contribution in [0.3, 0.4) is 0 Å². The number of aromatic nitrogens is 7. The second kappa shape index (κ2) is 10.4. The Morgan fingerprint density at radius 1 is 0.951 bits per heavy atom. The fraction of sp³-hybridized carbons (Fsp3) is 0.179. The second-order valence-corrected chi connectivity index (χ2v) is 11.9. The predicted octanol–water partition coefficient (Wildman–Crippen LogP) is 3.88. The molecule has 0 spiro atoms. The molecule has 5 heterocycles. The molecule has 1 aromatic carbocycles. The fourth-order valence-corrected chi connectivity index (χ4v) is 5.16. The number of H-pyrrole nitrogens is 2. The molecule has 5 aromatic heterocycles. The van der Waals surface area contributed by atoms with Gasteiger partial charge in [-0.3, -0.25) is 10.1 Å². The molecule has 0 amide bonds. The normalized spacial score (nSPS) is 12.1. The van der Waals surface area contributed by atoms with Crippen LogP contribution >= 0.6 is 0 Å². The molecule has 0 aliphatic rings. The molecule has 0 unspecified atom stereocenters. The van der Waals surface area contributed by atoms with Crippen molar-refractivity contribution in [1.82, 2.24) is 44.7 Å². The van der Waals surface area contributed by atoms with Gasteiger partial charge in [0.2, 0.25) is 10.0 Å². The number of nitrogens with one attached hydrogen (secondary N) is 3. The van der Waals surface area contributed by atoms with E-state index in [1.165, 1.54) is 12.1 Å². The minimum Gasteiger partial charge on any atom is -0.335 e. The van der Waals surface area contributed by atoms with E-state index in [0.29, 0.717) is 45.0 Å². The zero-order chi connectivity index (χ0) is 28.7. The van der Waals surface area contributed by atoms with Crippen molar-refractivity contribution in [3.63, 3.8) is 0 Å². The summed E-state index contributed by atoms with van der Waals surface area (Å²) in [5.41, 5.74) is 6.82. The third-order valence-electron chi connectivity index (χ3n) is 6.47. The van der Waals surface area contributed by atoms with Gasteiger partial charge in [-0.1, -0.05) is 0 Å². The lowest BCUT2D eigenvalue weighted by atomic mass is 10.0. The van der Waals surface area contributed by atoms with Crippen molar-refractivity contribution in [3.8, 4) is 33.8 Å². The van der Waals surface area contributed by atoms with Crippen molar-refractivity contribution in [2.24, 2.45) is 0 Å². The number of hydrogen-bond donors (Lipinski definition) is 3. The highest BCUT2D eigenvalue weighted by Gasteiger charge is 2.17. The summed E-state index contributed by atoms with van der Waals surface area (Å²) < 4.78 is 40.0. The summed E-state index contributed by atoms with van der Waals surface area (Å²) >= 11 is 0. The van der Waals surface area contributed by atoms with Crippen molar-refractivity contribution in [2.75, 3.05) is 20.4 Å². The van der Waals surface area contributed by atoms with Gasteiger partial charge in [0, 0.05) is 54.6 Å². The quantitative estimate of drug-likeness (QED) is 0.250. The van der Waals surface area contributed by atoms with Gasteiger partial charge in [-0.25, -0.2) is 32.5 Å². The van der Waals surface area contributed by atoms with E-state index in [2.05, 4.69) is 50.8 Å². The number of aromatic amines is 2. The Morgan fingerprint density at radius 2 is 1.76 bits per heavy atom. The van der Waals surface area contributed by atoms with Crippen LogP contribution in [0.1, 0.15) is 11.1 Å². The highest BCUT2D eigenvalue weighted by atomic mass is 32.2. The van der Waals surface area contributed by atoms with E-state index in [1.807, 2.05) is 26.4 Å². The number of hydrogen-bond acceptors (Lipinski definition) is 8. The standard InChI is InChI=1S/C28H26FN9O2S/c1-38(2)15-17-7-19(13-30-11-17)20-10-23-25(36-37-26(23)32-14-20)28-34-24-22(4-5-31-27(24)35-28)18-6-16(8-21(29)9-18)12-33-41(3,39)40/h4-11,13-14,33H,12,15H2,1-3H3,(H,31,34,35)(H,32,36,37). The smallest absolute Gasteiger partial charge is 0.209 e. The fourth-order valence-electron chi connectivity index (χ4n) is 4.73. The van der Waals surface area contributed by atoms with E-state index in [-0.39, 0.29) is 6.54 Å². The number of benzene rings is 1. The first kappa shape index (κ1) is 26.6. The lowest BCUT2D eigenvalue weighted by molar-refractivity contribution is 0.402. The largest absolute Gasteiger partial charge is 0.335 e. The van der Waals surface area contributed by atoms with Crippen molar-refractivity contribution >= 4 is 32.2 Å². The first-order valence-electron chi connectivity index (χ1n) is 12.7. The van der Waals surface area contributed by atoms with Crippen molar-refractivity contribution in [1.29, 1.82) is 0 Å². The Labute approximate surface area is 235 Å². The molecule has 6 rings (SSSR count). The number of imidazole rings is 1. The van der Waals surface area contributed by atoms with Crippen LogP contribution in [0.2, 0.25) is 0 Å². The van der Waals surface area contributed by atoms with Crippen LogP contribution < -0.4 is 4.72 Å². The van der Waals surface area contributed by atoms with E-state index in [1.54, 1.807) is 30.7 Å². The third kappa shape index (κ3) is 5.68. The first-order chi connectivity index (χ1) is 19.6. The van der Waals surface area contributed by atoms with Gasteiger partial charge in [0.05, 0.1) is 17.2 Å². The molecule has 0 aliphatic carbocycles. The third-order valence-corrected chi connectivity index (χ3v) is 7.14. The van der Waals surface area contributed by atoms with Crippen LogP contribution in [0.15, 0.2) is 61.2 Å². The van der Waals surface area contributed by atoms with Crippen molar-refractivity contribution in [3.05, 3.63) is 78.1 Å². The van der Waals surface area contributed by atoms with Gasteiger partial charge in [-0.2, -0.15) is 5.10 Å². The minimum absolute atomic E-state index is 0.0327. The molecule has 0 saturated heterocycles. The van der Waals surface area contributed by atoms with Gasteiger partial charge in [0.15, 0.2) is 17.1 Å². The van der Waals surface area contributed by atoms with Crippen LogP contribution in [0.4, 0.5) is 4.39 Å². The molecule has 0 saturated carbocycles. The average molecular weight is 572 g/mol. The molecule has 0 fully saturated rings. The minimum atomic E-state index is -3.43. The zero-order valence-electron chi connectivity index (χ0n) is 22.5. The maximum absolute atomic E-state index is 14.6. The van der Waals surface area contributed by atoms with Crippen LogP contribution in [-0.4, -0.2) is 68.8 Å². The Hall–Kier alpha value is -4.59. The Morgan fingerprint density at radius 3 is 2.56 bits per heavy atom. The molecule has 208 valence electrons. The first-order valence-corrected chi connectivity index (χ1v) is 14.5. The van der Waals surface area contributed by atoms with E-state index in [4.69, 9.17) is 0 Å². The van der Waals surface area contributed by atoms with Gasteiger partial charge >= 0.3 is 0 Å². The molecule has 13 heteroatoms. The van der Waals surface area contributed by atoms with Crippen molar-refractivity contribution < 1.29 is 12.8 Å². The predicted molar refractivity (Wildman–Crippen MR) is 154 cm³/mol. The highest BCUT2D eigenvalue weighted by Crippen LogP contribution is 2.32. The molecule has 41 heavy (non-hydrogen) atoms. The summed E-state index contributed by atoms with van der Waals surface area (Å²) in [6, 6.07) is 10.3. The maximum atomic E-state index is 14.6. The summed E-state index contributed by atoms with van der Waals surface area (Å²) in [5.74, 6) is 0.0102. The Balaban J connectivity index is 1.40. The summed E-state index contributed by atoms with van der Waals surface area (Å²) in [6.45, 7) is 0.734. The molecule has 3 N–H and O–H groups in total. The number of rotatable bonds is 8. The van der Waals surface area contributed by atoms with E-state index in [0.717, 1.165) is 34.9 Å². The summed E-state index contributed by atoms with van der Waals surface area (Å²) in [5, 5.41) is 8.16. The Kier molecular flexibility index (Phi) is 6.77. The monoisotopic (exact) mass is 571 g/mol. The number of fused-ring (bicyclic) bond motifs is 2. The molecular weight excluding hydrogens is 545 g/mol. The SMILES string of the molecule is CN(C)Cc1cncc(-c2cnc3n[nH]c(-c4nc5nccc(-c6cc(F)cc(CNS(C)(=O)=O)c6)c5[nH]4)c3c2)c1. The zero-order valence-corrected chi connectivity index (χ0v) is 23.3. The maximum Gasteiger partial charge on any atom is 0.209 e. The van der Waals surface area contributed by atoms with Gasteiger partial charge in [-0.15, -0.1) is 0 Å². The molecule has 11 nitrogen and oxygen atoms in total. The lowest BCUT2D eigenvalue weighted by Gasteiger charge is -2.10. The lowest BCUT2D eigenvalue weighted by Crippen LogP contribution is -2.21. The molecule has 6 aromatic rings. The molecule has 0 aliphatic heterocycles. The molecule has 0 atom stereocenters. The van der Waals surface area contributed by atoms with E-state index in [9.17, 15) is 12.8 Å². The number of nitrogens with zero attached hydrogens (tertiary/aromatic N) is 6. The van der Waals surface area contributed by atoms with Gasteiger partial charge < -0.3 is 9.88 Å². The molecule has 0 bridgehead atoms. The van der Waals surface area contributed by atoms with Crippen LogP contribution in [0, 0.1) is 5.82 Å². The Bertz CT molecular complexity index is 2020. The number of halogens is 1. The van der Waals surface area contributed by atoms with Gasteiger partial charge in [-0.05, 0) is 67.2 Å². The average Bonchev–Trinajstić information content (AvgIpc) is 3.54. The molecule has 0 radical (unpaired) electrons. The second-order valence-electron chi connectivity index (χ2n) is 10.1.